The number of ketones is 1. The van der Waals surface area contributed by atoms with Crippen LogP contribution in [0.4, 0.5) is 0 Å². The Morgan fingerprint density at radius 2 is 2.14 bits per heavy atom. The Hall–Kier alpha value is 0.0200. The molecule has 0 heterocycles. The van der Waals surface area contributed by atoms with E-state index >= 15 is 0 Å². The van der Waals surface area contributed by atoms with E-state index in [0.717, 1.165) is 19.3 Å². The van der Waals surface area contributed by atoms with Crippen LogP contribution in [0.2, 0.25) is 0 Å². The third-order valence-corrected chi connectivity index (χ3v) is 4.38. The highest BCUT2D eigenvalue weighted by Gasteiger charge is 2.33. The largest absolute Gasteiger partial charge is 0.299 e. The first-order valence-corrected chi connectivity index (χ1v) is 7.14. The highest BCUT2D eigenvalue weighted by atomic mass is 32.2. The lowest BCUT2D eigenvalue weighted by Crippen LogP contribution is -2.16. The van der Waals surface area contributed by atoms with Gasteiger partial charge in [0.1, 0.15) is 5.78 Å². The lowest BCUT2D eigenvalue weighted by molar-refractivity contribution is -0.120. The minimum Gasteiger partial charge on any atom is -0.299 e. The van der Waals surface area contributed by atoms with Crippen LogP contribution in [-0.4, -0.2) is 17.3 Å². The highest BCUT2D eigenvalue weighted by molar-refractivity contribution is 7.99. The van der Waals surface area contributed by atoms with Crippen LogP contribution >= 0.6 is 11.8 Å². The van der Waals surface area contributed by atoms with Crippen molar-refractivity contribution in [1.29, 1.82) is 0 Å². The lowest BCUT2D eigenvalue weighted by Gasteiger charge is -2.15. The predicted molar refractivity (Wildman–Crippen MR) is 63.8 cm³/mol. The summed E-state index contributed by atoms with van der Waals surface area (Å²) in [6.07, 6.45) is 10.4. The third-order valence-electron chi connectivity index (χ3n) is 3.21. The summed E-state index contributed by atoms with van der Waals surface area (Å²) < 4.78 is 0. The van der Waals surface area contributed by atoms with Crippen LogP contribution in [0.1, 0.15) is 51.9 Å². The van der Waals surface area contributed by atoms with E-state index < -0.39 is 0 Å². The number of Topliss-reactive ketones (excluding diaryl/α,β-unsaturated/α-hetero) is 1. The summed E-state index contributed by atoms with van der Waals surface area (Å²) in [5.74, 6) is 0.919. The first kappa shape index (κ1) is 12.1. The van der Waals surface area contributed by atoms with Crippen LogP contribution in [0.25, 0.3) is 0 Å². The molecule has 0 radical (unpaired) electrons. The molecule has 2 atom stereocenters. The first-order valence-electron chi connectivity index (χ1n) is 5.85. The fraction of sp³-hybridized carbons (Fsp3) is 0.917. The van der Waals surface area contributed by atoms with Crippen molar-refractivity contribution in [2.75, 3.05) is 6.26 Å². The van der Waals surface area contributed by atoms with E-state index in [1.54, 1.807) is 0 Å². The molecule has 1 nitrogen and oxygen atoms in total. The predicted octanol–water partition coefficient (Wildman–Crippen LogP) is 3.67. The quantitative estimate of drug-likeness (QED) is 0.628. The molecule has 14 heavy (non-hydrogen) atoms. The lowest BCUT2D eigenvalue weighted by atomic mass is 9.98. The molecule has 2 unspecified atom stereocenters. The minimum absolute atomic E-state index is 0.391. The second-order valence-corrected chi connectivity index (χ2v) is 5.31. The van der Waals surface area contributed by atoms with Gasteiger partial charge in [-0.1, -0.05) is 32.6 Å². The molecule has 1 aliphatic rings. The van der Waals surface area contributed by atoms with Gasteiger partial charge >= 0.3 is 0 Å². The molecule has 0 aromatic heterocycles. The number of rotatable bonds is 6. The van der Waals surface area contributed by atoms with Gasteiger partial charge in [-0.15, -0.1) is 0 Å². The second kappa shape index (κ2) is 6.49. The molecule has 1 aliphatic carbocycles. The summed E-state index contributed by atoms with van der Waals surface area (Å²) in [5, 5.41) is 0.629. The number of hydrogen-bond donors (Lipinski definition) is 0. The van der Waals surface area contributed by atoms with Gasteiger partial charge in [0.15, 0.2) is 0 Å². The Morgan fingerprint density at radius 3 is 2.79 bits per heavy atom. The number of thioether (sulfide) groups is 1. The number of carbonyl (C=O) groups excluding carboxylic acids is 1. The summed E-state index contributed by atoms with van der Waals surface area (Å²) in [4.78, 5) is 11.6. The van der Waals surface area contributed by atoms with Crippen molar-refractivity contribution in [2.45, 2.75) is 57.1 Å². The van der Waals surface area contributed by atoms with Crippen LogP contribution in [0.5, 0.6) is 0 Å². The molecule has 0 aromatic carbocycles. The summed E-state index contributed by atoms with van der Waals surface area (Å²) in [6, 6.07) is 0. The van der Waals surface area contributed by atoms with Crippen LogP contribution in [0, 0.1) is 5.92 Å². The zero-order valence-corrected chi connectivity index (χ0v) is 10.2. The maximum absolute atomic E-state index is 11.6. The molecule has 0 bridgehead atoms. The van der Waals surface area contributed by atoms with Crippen molar-refractivity contribution in [3.05, 3.63) is 0 Å². The van der Waals surface area contributed by atoms with Gasteiger partial charge in [0.05, 0.1) is 0 Å². The van der Waals surface area contributed by atoms with Crippen molar-refractivity contribution in [3.8, 4) is 0 Å². The average Bonchev–Trinajstić information content (AvgIpc) is 2.55. The van der Waals surface area contributed by atoms with E-state index in [9.17, 15) is 4.79 Å². The van der Waals surface area contributed by atoms with Crippen molar-refractivity contribution in [3.63, 3.8) is 0 Å². The van der Waals surface area contributed by atoms with Crippen LogP contribution < -0.4 is 0 Å². The van der Waals surface area contributed by atoms with Gasteiger partial charge < -0.3 is 0 Å². The Labute approximate surface area is 92.0 Å². The molecule has 1 saturated carbocycles. The second-order valence-electron chi connectivity index (χ2n) is 4.23. The number of hydrogen-bond acceptors (Lipinski definition) is 2. The standard InChI is InChI=1S/C12H22OS/c1-3-4-5-6-7-10-11(13)8-9-12(10)14-2/h10,12H,3-9H2,1-2H3. The maximum atomic E-state index is 11.6. The average molecular weight is 214 g/mol. The first-order chi connectivity index (χ1) is 6.79. The van der Waals surface area contributed by atoms with E-state index in [1.165, 1.54) is 25.7 Å². The molecule has 1 rings (SSSR count). The molecule has 0 N–H and O–H groups in total. The summed E-state index contributed by atoms with van der Waals surface area (Å²) in [7, 11) is 0. The van der Waals surface area contributed by atoms with Crippen molar-refractivity contribution < 1.29 is 4.79 Å². The van der Waals surface area contributed by atoms with Crippen LogP contribution in [-0.2, 0) is 4.79 Å². The normalized spacial score (nSPS) is 27.1. The van der Waals surface area contributed by atoms with Gasteiger partial charge in [0.25, 0.3) is 0 Å². The molecular weight excluding hydrogens is 192 g/mol. The smallest absolute Gasteiger partial charge is 0.137 e. The van der Waals surface area contributed by atoms with Crippen LogP contribution in [0.15, 0.2) is 0 Å². The van der Waals surface area contributed by atoms with E-state index in [4.69, 9.17) is 0 Å². The van der Waals surface area contributed by atoms with Crippen molar-refractivity contribution >= 4 is 17.5 Å². The Morgan fingerprint density at radius 1 is 1.36 bits per heavy atom. The number of unbranched alkanes of at least 4 members (excludes halogenated alkanes) is 3. The zero-order valence-electron chi connectivity index (χ0n) is 9.42. The van der Waals surface area contributed by atoms with Crippen molar-refractivity contribution in [2.24, 2.45) is 5.92 Å². The highest BCUT2D eigenvalue weighted by Crippen LogP contribution is 2.34. The molecule has 0 amide bonds. The molecule has 0 aliphatic heterocycles. The molecular formula is C12H22OS. The zero-order chi connectivity index (χ0) is 10.4. The Bertz CT molecular complexity index is 179. The van der Waals surface area contributed by atoms with Gasteiger partial charge in [-0.25, -0.2) is 0 Å². The summed E-state index contributed by atoms with van der Waals surface area (Å²) in [5.41, 5.74) is 0. The van der Waals surface area contributed by atoms with Gasteiger partial charge in [-0.3, -0.25) is 4.79 Å². The fourth-order valence-corrected chi connectivity index (χ4v) is 3.27. The van der Waals surface area contributed by atoms with Crippen LogP contribution in [0.3, 0.4) is 0 Å². The van der Waals surface area contributed by atoms with Crippen molar-refractivity contribution in [1.82, 2.24) is 0 Å². The van der Waals surface area contributed by atoms with Gasteiger partial charge in [0.2, 0.25) is 0 Å². The molecule has 0 aromatic rings. The van der Waals surface area contributed by atoms with E-state index in [2.05, 4.69) is 13.2 Å². The summed E-state index contributed by atoms with van der Waals surface area (Å²) in [6.45, 7) is 2.23. The van der Waals surface area contributed by atoms with E-state index in [-0.39, 0.29) is 0 Å². The van der Waals surface area contributed by atoms with Gasteiger partial charge in [-0.05, 0) is 19.1 Å². The van der Waals surface area contributed by atoms with E-state index in [0.29, 0.717) is 17.0 Å². The topological polar surface area (TPSA) is 17.1 Å². The SMILES string of the molecule is CCCCCCC1C(=O)CCC1SC. The summed E-state index contributed by atoms with van der Waals surface area (Å²) >= 11 is 1.89. The Balaban J connectivity index is 2.23. The molecule has 1 fully saturated rings. The van der Waals surface area contributed by atoms with Gasteiger partial charge in [-0.2, -0.15) is 11.8 Å². The minimum atomic E-state index is 0.391. The Kier molecular flexibility index (Phi) is 5.61. The third kappa shape index (κ3) is 3.30. The molecule has 82 valence electrons. The molecule has 2 heteroatoms. The monoisotopic (exact) mass is 214 g/mol. The van der Waals surface area contributed by atoms with E-state index in [1.807, 2.05) is 11.8 Å². The fourth-order valence-electron chi connectivity index (χ4n) is 2.30. The molecule has 0 spiro atoms. The number of carbonyl (C=O) groups is 1. The maximum Gasteiger partial charge on any atom is 0.137 e. The van der Waals surface area contributed by atoms with Gasteiger partial charge in [0, 0.05) is 17.6 Å². The molecule has 0 saturated heterocycles.